The van der Waals surface area contributed by atoms with E-state index in [-0.39, 0.29) is 5.97 Å². The molecule has 0 unspecified atom stereocenters. The highest BCUT2D eigenvalue weighted by Gasteiger charge is 1.96. The second-order valence-electron chi connectivity index (χ2n) is 2.70. The fraction of sp³-hybridized carbons (Fsp3) is 0.667. The van der Waals surface area contributed by atoms with Gasteiger partial charge in [-0.25, -0.2) is 4.79 Å². The van der Waals surface area contributed by atoms with Crippen molar-refractivity contribution in [3.05, 3.63) is 11.8 Å². The molecule has 0 aliphatic heterocycles. The molecule has 12 heavy (non-hydrogen) atoms. The lowest BCUT2D eigenvalue weighted by Gasteiger charge is -1.99. The van der Waals surface area contributed by atoms with Gasteiger partial charge in [-0.3, -0.25) is 0 Å². The van der Waals surface area contributed by atoms with Crippen molar-refractivity contribution < 1.29 is 9.53 Å². The van der Waals surface area contributed by atoms with Gasteiger partial charge in [0, 0.05) is 11.8 Å². The smallest absolute Gasteiger partial charge is 0.332 e. The van der Waals surface area contributed by atoms with Gasteiger partial charge in [0.05, 0.1) is 7.11 Å². The van der Waals surface area contributed by atoms with Crippen LogP contribution in [0.1, 0.15) is 32.6 Å². The average Bonchev–Trinajstić information content (AvgIpc) is 2.05. The number of ether oxygens (including phenoxy) is 1. The van der Waals surface area contributed by atoms with E-state index in [2.05, 4.69) is 11.7 Å². The minimum atomic E-state index is -0.371. The van der Waals surface area contributed by atoms with Gasteiger partial charge in [-0.15, -0.1) is 0 Å². The normalized spacial score (nSPS) is 11.3. The van der Waals surface area contributed by atoms with Crippen LogP contribution in [0.15, 0.2) is 11.8 Å². The number of carbonyl (C=O) groups excluding carboxylic acids is 1. The molecule has 0 aliphatic carbocycles. The van der Waals surface area contributed by atoms with Crippen molar-refractivity contribution in [1.29, 1.82) is 0 Å². The predicted molar refractivity (Wildman–Crippen MR) is 48.4 cm³/mol. The summed E-state index contributed by atoms with van der Waals surface area (Å²) in [5.41, 5.74) is 6.16. The molecule has 0 spiro atoms. The van der Waals surface area contributed by atoms with E-state index in [1.807, 2.05) is 0 Å². The molecular formula is C9H17NO2. The van der Waals surface area contributed by atoms with Gasteiger partial charge in [-0.2, -0.15) is 0 Å². The summed E-state index contributed by atoms with van der Waals surface area (Å²) in [4.78, 5) is 10.7. The molecule has 0 aliphatic rings. The number of methoxy groups -OCH3 is 1. The first-order valence-electron chi connectivity index (χ1n) is 4.24. The van der Waals surface area contributed by atoms with Crippen molar-refractivity contribution >= 4 is 5.97 Å². The molecule has 3 nitrogen and oxygen atoms in total. The number of esters is 1. The van der Waals surface area contributed by atoms with Crippen molar-refractivity contribution in [3.8, 4) is 0 Å². The monoisotopic (exact) mass is 171 g/mol. The van der Waals surface area contributed by atoms with E-state index in [9.17, 15) is 4.79 Å². The third-order valence-electron chi connectivity index (χ3n) is 1.57. The summed E-state index contributed by atoms with van der Waals surface area (Å²) < 4.78 is 4.43. The summed E-state index contributed by atoms with van der Waals surface area (Å²) in [6.45, 7) is 2.13. The highest BCUT2D eigenvalue weighted by atomic mass is 16.5. The largest absolute Gasteiger partial charge is 0.466 e. The van der Waals surface area contributed by atoms with Crippen LogP contribution in [-0.4, -0.2) is 13.1 Å². The van der Waals surface area contributed by atoms with Crippen LogP contribution >= 0.6 is 0 Å². The zero-order chi connectivity index (χ0) is 9.40. The van der Waals surface area contributed by atoms with Crippen molar-refractivity contribution in [2.45, 2.75) is 32.6 Å². The molecule has 0 bridgehead atoms. The Balaban J connectivity index is 3.62. The number of hydrogen-bond acceptors (Lipinski definition) is 3. The zero-order valence-corrected chi connectivity index (χ0v) is 7.80. The van der Waals surface area contributed by atoms with E-state index in [1.54, 1.807) is 0 Å². The second kappa shape index (κ2) is 6.70. The number of hydrogen-bond donors (Lipinski definition) is 1. The Morgan fingerprint density at radius 1 is 1.50 bits per heavy atom. The van der Waals surface area contributed by atoms with Crippen LogP contribution in [0.5, 0.6) is 0 Å². The minimum absolute atomic E-state index is 0.371. The van der Waals surface area contributed by atoms with E-state index >= 15 is 0 Å². The lowest BCUT2D eigenvalue weighted by Crippen LogP contribution is -2.03. The Kier molecular flexibility index (Phi) is 6.15. The number of unbranched alkanes of at least 4 members (excludes halogenated alkanes) is 2. The van der Waals surface area contributed by atoms with Crippen LogP contribution in [-0.2, 0) is 9.53 Å². The van der Waals surface area contributed by atoms with Crippen LogP contribution in [0.3, 0.4) is 0 Å². The van der Waals surface area contributed by atoms with E-state index in [4.69, 9.17) is 5.73 Å². The Morgan fingerprint density at radius 3 is 2.67 bits per heavy atom. The molecule has 0 atom stereocenters. The van der Waals surface area contributed by atoms with Crippen molar-refractivity contribution in [2.75, 3.05) is 7.11 Å². The molecule has 0 aromatic rings. The van der Waals surface area contributed by atoms with Crippen LogP contribution in [0.25, 0.3) is 0 Å². The third-order valence-corrected chi connectivity index (χ3v) is 1.57. The molecular weight excluding hydrogens is 154 g/mol. The topological polar surface area (TPSA) is 52.3 Å². The molecule has 0 heterocycles. The quantitative estimate of drug-likeness (QED) is 0.388. The number of nitrogens with two attached hydrogens (primary N) is 1. The number of carbonyl (C=O) groups is 1. The van der Waals surface area contributed by atoms with Gasteiger partial charge < -0.3 is 10.5 Å². The average molecular weight is 171 g/mol. The molecule has 3 heteroatoms. The lowest BCUT2D eigenvalue weighted by atomic mass is 10.1. The molecule has 70 valence electrons. The molecule has 0 saturated heterocycles. The highest BCUT2D eigenvalue weighted by molar-refractivity contribution is 5.82. The molecule has 0 aromatic heterocycles. The SMILES string of the molecule is CCCCC/C(N)=C\C(=O)OC. The van der Waals surface area contributed by atoms with E-state index < -0.39 is 0 Å². The second-order valence-corrected chi connectivity index (χ2v) is 2.70. The first kappa shape index (κ1) is 11.0. The standard InChI is InChI=1S/C9H17NO2/c1-3-4-5-6-8(10)7-9(11)12-2/h7H,3-6,10H2,1-2H3/b8-7+. The Bertz CT molecular complexity index is 164. The predicted octanol–water partition coefficient (Wildman–Crippen LogP) is 1.58. The van der Waals surface area contributed by atoms with Crippen molar-refractivity contribution in [1.82, 2.24) is 0 Å². The van der Waals surface area contributed by atoms with Crippen LogP contribution < -0.4 is 5.73 Å². The summed E-state index contributed by atoms with van der Waals surface area (Å²) in [5, 5.41) is 0. The van der Waals surface area contributed by atoms with Gasteiger partial charge in [-0.1, -0.05) is 19.8 Å². The van der Waals surface area contributed by atoms with Gasteiger partial charge in [0.25, 0.3) is 0 Å². The van der Waals surface area contributed by atoms with Gasteiger partial charge in [0.2, 0.25) is 0 Å². The van der Waals surface area contributed by atoms with Crippen molar-refractivity contribution in [3.63, 3.8) is 0 Å². The van der Waals surface area contributed by atoms with Crippen LogP contribution in [0.2, 0.25) is 0 Å². The van der Waals surface area contributed by atoms with Crippen LogP contribution in [0, 0.1) is 0 Å². The summed E-state index contributed by atoms with van der Waals surface area (Å²) in [7, 11) is 1.35. The van der Waals surface area contributed by atoms with E-state index in [0.717, 1.165) is 25.7 Å². The Labute approximate surface area is 73.6 Å². The zero-order valence-electron chi connectivity index (χ0n) is 7.80. The number of allylic oxidation sites excluding steroid dienone is 1. The molecule has 2 N–H and O–H groups in total. The molecule has 0 saturated carbocycles. The fourth-order valence-corrected chi connectivity index (χ4v) is 0.862. The van der Waals surface area contributed by atoms with E-state index in [1.165, 1.54) is 13.2 Å². The van der Waals surface area contributed by atoms with E-state index in [0.29, 0.717) is 5.70 Å². The Morgan fingerprint density at radius 2 is 2.17 bits per heavy atom. The van der Waals surface area contributed by atoms with Gasteiger partial charge in [0.15, 0.2) is 0 Å². The van der Waals surface area contributed by atoms with Crippen molar-refractivity contribution in [2.24, 2.45) is 5.73 Å². The Hall–Kier alpha value is -0.990. The van der Waals surface area contributed by atoms with Gasteiger partial charge in [0.1, 0.15) is 0 Å². The van der Waals surface area contributed by atoms with Gasteiger partial charge in [-0.05, 0) is 12.8 Å². The maximum atomic E-state index is 10.7. The fourth-order valence-electron chi connectivity index (χ4n) is 0.862. The molecule has 0 rings (SSSR count). The maximum Gasteiger partial charge on any atom is 0.332 e. The number of rotatable bonds is 5. The first-order valence-corrected chi connectivity index (χ1v) is 4.24. The van der Waals surface area contributed by atoms with Crippen LogP contribution in [0.4, 0.5) is 0 Å². The molecule has 0 radical (unpaired) electrons. The summed E-state index contributed by atoms with van der Waals surface area (Å²) in [6, 6.07) is 0. The summed E-state index contributed by atoms with van der Waals surface area (Å²) >= 11 is 0. The minimum Gasteiger partial charge on any atom is -0.466 e. The first-order chi connectivity index (χ1) is 5.70. The summed E-state index contributed by atoms with van der Waals surface area (Å²) in [6.07, 6.45) is 5.47. The molecule has 0 aromatic carbocycles. The lowest BCUT2D eigenvalue weighted by molar-refractivity contribution is -0.134. The third kappa shape index (κ3) is 5.77. The van der Waals surface area contributed by atoms with Gasteiger partial charge >= 0.3 is 5.97 Å². The molecule has 0 amide bonds. The summed E-state index contributed by atoms with van der Waals surface area (Å²) in [5.74, 6) is -0.371. The maximum absolute atomic E-state index is 10.7. The molecule has 0 fully saturated rings. The highest BCUT2D eigenvalue weighted by Crippen LogP contribution is 2.03.